The van der Waals surface area contributed by atoms with Crippen molar-refractivity contribution < 1.29 is 0 Å². The molecular formula is C7H10N4. The van der Waals surface area contributed by atoms with Gasteiger partial charge in [-0.3, -0.25) is 0 Å². The summed E-state index contributed by atoms with van der Waals surface area (Å²) in [6.45, 7) is 0. The van der Waals surface area contributed by atoms with Crippen molar-refractivity contribution in [2.45, 2.75) is 0 Å². The van der Waals surface area contributed by atoms with E-state index in [1.165, 1.54) is 0 Å². The van der Waals surface area contributed by atoms with Crippen LogP contribution < -0.4 is 11.2 Å². The van der Waals surface area contributed by atoms with Crippen LogP contribution in [0.25, 0.3) is 5.52 Å². The maximum absolute atomic E-state index is 5.60. The predicted molar refractivity (Wildman–Crippen MR) is 45.1 cm³/mol. The Bertz CT molecular complexity index is 371. The average molecular weight is 150 g/mol. The summed E-state index contributed by atoms with van der Waals surface area (Å²) in [5, 5.41) is 0. The van der Waals surface area contributed by atoms with Crippen LogP contribution in [0.3, 0.4) is 0 Å². The first kappa shape index (κ1) is 6.15. The van der Waals surface area contributed by atoms with Crippen molar-refractivity contribution in [2.24, 2.45) is 0 Å². The van der Waals surface area contributed by atoms with Gasteiger partial charge >= 0.3 is 0 Å². The zero-order valence-corrected chi connectivity index (χ0v) is 6.28. The van der Waals surface area contributed by atoms with Gasteiger partial charge in [0.15, 0.2) is 0 Å². The number of aromatic nitrogens is 2. The summed E-state index contributed by atoms with van der Waals surface area (Å²) in [6.07, 6.45) is 3.81. The second kappa shape index (κ2) is 1.95. The number of nitrogens with two attached hydrogens (primary N) is 1. The van der Waals surface area contributed by atoms with Crippen LogP contribution in [-0.2, 0) is 0 Å². The maximum atomic E-state index is 5.60. The summed E-state index contributed by atoms with van der Waals surface area (Å²) in [5.41, 5.74) is 10.5. The molecule has 0 amide bonds. The molecule has 0 spiro atoms. The average Bonchev–Trinajstić information content (AvgIpc) is 2.45. The normalized spacial score (nSPS) is 10.6. The van der Waals surface area contributed by atoms with Crippen molar-refractivity contribution >= 4 is 11.2 Å². The first-order valence-electron chi connectivity index (χ1n) is 3.44. The lowest BCUT2D eigenvalue weighted by Gasteiger charge is -2.01. The molecule has 0 aliphatic carbocycles. The Morgan fingerprint density at radius 1 is 1.55 bits per heavy atom. The van der Waals surface area contributed by atoms with Crippen LogP contribution in [0.4, 0.5) is 5.69 Å². The van der Waals surface area contributed by atoms with E-state index < -0.39 is 0 Å². The van der Waals surface area contributed by atoms with Gasteiger partial charge in [-0.05, 0) is 12.1 Å². The third-order valence-electron chi connectivity index (χ3n) is 1.70. The summed E-state index contributed by atoms with van der Waals surface area (Å²) in [6, 6.07) is 3.92. The molecule has 4 nitrogen and oxygen atoms in total. The van der Waals surface area contributed by atoms with Crippen LogP contribution in [0.2, 0.25) is 0 Å². The molecular weight excluding hydrogens is 140 g/mol. The molecule has 0 aromatic carbocycles. The molecule has 0 aliphatic heterocycles. The molecule has 2 aromatic rings. The van der Waals surface area contributed by atoms with Crippen molar-refractivity contribution in [1.82, 2.24) is 9.31 Å². The summed E-state index contributed by atoms with van der Waals surface area (Å²) >= 11 is 0. The van der Waals surface area contributed by atoms with E-state index in [1.54, 1.807) is 0 Å². The molecule has 2 aromatic heterocycles. The summed E-state index contributed by atoms with van der Waals surface area (Å²) < 4.78 is 1.94. The van der Waals surface area contributed by atoms with Gasteiger partial charge in [0, 0.05) is 13.2 Å². The van der Waals surface area contributed by atoms with Crippen LogP contribution in [0.5, 0.6) is 0 Å². The highest BCUT2D eigenvalue weighted by Gasteiger charge is 1.98. The second-order valence-corrected chi connectivity index (χ2v) is 2.43. The second-order valence-electron chi connectivity index (χ2n) is 2.43. The first-order chi connectivity index (χ1) is 5.31. The molecule has 0 radical (unpaired) electrons. The monoisotopic (exact) mass is 150 g/mol. The Balaban J connectivity index is 2.73. The van der Waals surface area contributed by atoms with E-state index in [0.717, 1.165) is 11.2 Å². The van der Waals surface area contributed by atoms with Crippen molar-refractivity contribution in [3.05, 3.63) is 24.5 Å². The summed E-state index contributed by atoms with van der Waals surface area (Å²) in [4.78, 5) is 1.85. The van der Waals surface area contributed by atoms with E-state index in [4.69, 9.17) is 5.73 Å². The van der Waals surface area contributed by atoms with Crippen molar-refractivity contribution in [2.75, 3.05) is 18.2 Å². The molecule has 4 heteroatoms. The lowest BCUT2D eigenvalue weighted by atomic mass is 10.5. The van der Waals surface area contributed by atoms with Crippen LogP contribution >= 0.6 is 0 Å². The lowest BCUT2D eigenvalue weighted by molar-refractivity contribution is 0.725. The number of nitrogen functional groups attached to an aromatic ring is 1. The number of fused-ring (bicyclic) bond motifs is 1. The number of nitrogens with zero attached hydrogens (tertiary/aromatic N) is 2. The van der Waals surface area contributed by atoms with Gasteiger partial charge in [-0.1, -0.05) is 0 Å². The molecule has 0 aliphatic rings. The van der Waals surface area contributed by atoms with Crippen LogP contribution in [0.1, 0.15) is 0 Å². The van der Waals surface area contributed by atoms with E-state index in [2.05, 4.69) is 5.43 Å². The van der Waals surface area contributed by atoms with Gasteiger partial charge in [0.05, 0.1) is 17.4 Å². The van der Waals surface area contributed by atoms with E-state index >= 15 is 0 Å². The van der Waals surface area contributed by atoms with Gasteiger partial charge in [-0.2, -0.15) is 0 Å². The Kier molecular flexibility index (Phi) is 1.09. The quantitative estimate of drug-likeness (QED) is 0.621. The van der Waals surface area contributed by atoms with E-state index in [1.807, 2.05) is 40.9 Å². The molecule has 0 bridgehead atoms. The number of hydrogen-bond acceptors (Lipinski definition) is 2. The molecule has 2 heterocycles. The van der Waals surface area contributed by atoms with Crippen molar-refractivity contribution in [1.29, 1.82) is 0 Å². The van der Waals surface area contributed by atoms with Gasteiger partial charge in [0.2, 0.25) is 0 Å². The van der Waals surface area contributed by atoms with E-state index in [0.29, 0.717) is 0 Å². The fourth-order valence-corrected chi connectivity index (χ4v) is 1.20. The molecule has 0 saturated heterocycles. The Labute approximate surface area is 64.2 Å². The molecule has 0 unspecified atom stereocenters. The highest BCUT2D eigenvalue weighted by molar-refractivity contribution is 5.57. The predicted octanol–water partition coefficient (Wildman–Crippen LogP) is 0.496. The highest BCUT2D eigenvalue weighted by Crippen LogP contribution is 2.10. The van der Waals surface area contributed by atoms with Crippen molar-refractivity contribution in [3.63, 3.8) is 0 Å². The van der Waals surface area contributed by atoms with Crippen LogP contribution in [0, 0.1) is 0 Å². The molecule has 58 valence electrons. The highest BCUT2D eigenvalue weighted by atomic mass is 15.6. The third-order valence-corrected chi connectivity index (χ3v) is 1.70. The largest absolute Gasteiger partial charge is 0.397 e. The Hall–Kier alpha value is -1.58. The van der Waals surface area contributed by atoms with Crippen LogP contribution in [0.15, 0.2) is 24.5 Å². The lowest BCUT2D eigenvalue weighted by Crippen LogP contribution is -2.12. The third kappa shape index (κ3) is 0.756. The topological polar surface area (TPSA) is 47.4 Å². The molecule has 3 N–H and O–H groups in total. The van der Waals surface area contributed by atoms with Gasteiger partial charge in [0.25, 0.3) is 0 Å². The molecule has 0 fully saturated rings. The van der Waals surface area contributed by atoms with Gasteiger partial charge in [0.1, 0.15) is 0 Å². The smallest absolute Gasteiger partial charge is 0.0682 e. The number of hydrogen-bond donors (Lipinski definition) is 2. The van der Waals surface area contributed by atoms with E-state index in [9.17, 15) is 0 Å². The SMILES string of the molecule is CNn1ccc2cc(N)cn21. The molecule has 11 heavy (non-hydrogen) atoms. The fourth-order valence-electron chi connectivity index (χ4n) is 1.20. The minimum absolute atomic E-state index is 0.782. The maximum Gasteiger partial charge on any atom is 0.0682 e. The van der Waals surface area contributed by atoms with Crippen molar-refractivity contribution in [3.8, 4) is 0 Å². The number of nitrogens with one attached hydrogen (secondary N) is 1. The Morgan fingerprint density at radius 2 is 2.36 bits per heavy atom. The van der Waals surface area contributed by atoms with Gasteiger partial charge in [-0.15, -0.1) is 0 Å². The van der Waals surface area contributed by atoms with Crippen LogP contribution in [-0.4, -0.2) is 16.4 Å². The molecule has 2 rings (SSSR count). The Morgan fingerprint density at radius 3 is 3.09 bits per heavy atom. The van der Waals surface area contributed by atoms with Gasteiger partial charge in [-0.25, -0.2) is 9.31 Å². The minimum Gasteiger partial charge on any atom is -0.397 e. The summed E-state index contributed by atoms with van der Waals surface area (Å²) in [5.74, 6) is 0. The minimum atomic E-state index is 0.782. The molecule has 0 saturated carbocycles. The number of anilines is 1. The zero-order valence-electron chi connectivity index (χ0n) is 6.28. The fraction of sp³-hybridized carbons (Fsp3) is 0.143. The summed E-state index contributed by atoms with van der Waals surface area (Å²) in [7, 11) is 1.86. The zero-order chi connectivity index (χ0) is 7.84. The van der Waals surface area contributed by atoms with E-state index in [-0.39, 0.29) is 0 Å². The standard InChI is InChI=1S/C7H10N4/c1-9-11-3-2-7-4-6(8)5-10(7)11/h2-5,9H,8H2,1H3. The van der Waals surface area contributed by atoms with Gasteiger partial charge < -0.3 is 11.2 Å². The number of rotatable bonds is 1. The first-order valence-corrected chi connectivity index (χ1v) is 3.44. The molecule has 0 atom stereocenters.